The second-order valence-electron chi connectivity index (χ2n) is 5.58. The number of carbonyl (C=O) groups is 1. The summed E-state index contributed by atoms with van der Waals surface area (Å²) in [5.74, 6) is 0.678. The third-order valence-corrected chi connectivity index (χ3v) is 4.14. The van der Waals surface area contributed by atoms with E-state index in [9.17, 15) is 4.79 Å². The van der Waals surface area contributed by atoms with Crippen LogP contribution in [0.5, 0.6) is 0 Å². The van der Waals surface area contributed by atoms with Crippen molar-refractivity contribution in [3.8, 4) is 0 Å². The molecule has 0 bridgehead atoms. The van der Waals surface area contributed by atoms with Crippen LogP contribution in [0, 0.1) is 0 Å². The largest absolute Gasteiger partial charge is 0.293 e. The second kappa shape index (κ2) is 6.65. The average molecular weight is 300 g/mol. The quantitative estimate of drug-likeness (QED) is 0.891. The van der Waals surface area contributed by atoms with Gasteiger partial charge < -0.3 is 0 Å². The van der Waals surface area contributed by atoms with Crippen molar-refractivity contribution in [1.29, 1.82) is 0 Å². The Morgan fingerprint density at radius 3 is 2.95 bits per heavy atom. The van der Waals surface area contributed by atoms with Crippen LogP contribution in [0.25, 0.3) is 0 Å². The van der Waals surface area contributed by atoms with Gasteiger partial charge in [0.2, 0.25) is 11.9 Å². The van der Waals surface area contributed by atoms with Crippen LogP contribution in [-0.2, 0) is 4.79 Å². The number of H-pyrrole nitrogens is 1. The lowest BCUT2D eigenvalue weighted by atomic mass is 9.94. The van der Waals surface area contributed by atoms with Crippen molar-refractivity contribution in [2.45, 2.75) is 31.7 Å². The fourth-order valence-corrected chi connectivity index (χ4v) is 2.85. The number of anilines is 1. The van der Waals surface area contributed by atoms with Crippen molar-refractivity contribution in [3.05, 3.63) is 36.4 Å². The Bertz CT molecular complexity index is 600. The number of rotatable bonds is 4. The molecular formula is C15H20N6O. The fraction of sp³-hybridized carbons (Fsp3) is 0.467. The summed E-state index contributed by atoms with van der Waals surface area (Å²) >= 11 is 0. The molecule has 1 aliphatic rings. The molecule has 22 heavy (non-hydrogen) atoms. The van der Waals surface area contributed by atoms with Crippen molar-refractivity contribution in [1.82, 2.24) is 25.1 Å². The highest BCUT2D eigenvalue weighted by Gasteiger charge is 2.28. The molecule has 1 fully saturated rings. The predicted molar refractivity (Wildman–Crippen MR) is 82.3 cm³/mol. The molecule has 0 aliphatic carbocycles. The molecule has 2 N–H and O–H groups in total. The molecule has 2 aromatic heterocycles. The molecule has 3 heterocycles. The molecule has 0 radical (unpaired) electrons. The Balaban J connectivity index is 1.61. The van der Waals surface area contributed by atoms with E-state index in [1.54, 1.807) is 24.7 Å². The summed E-state index contributed by atoms with van der Waals surface area (Å²) in [7, 11) is 0. The number of nitrogens with zero attached hydrogens (tertiary/aromatic N) is 4. The van der Waals surface area contributed by atoms with Crippen LogP contribution in [0.15, 0.2) is 30.7 Å². The van der Waals surface area contributed by atoms with Gasteiger partial charge in [0, 0.05) is 36.7 Å². The summed E-state index contributed by atoms with van der Waals surface area (Å²) in [6.07, 6.45) is 7.19. The Labute approximate surface area is 129 Å². The predicted octanol–water partition coefficient (Wildman–Crippen LogP) is 1.41. The van der Waals surface area contributed by atoms with Crippen LogP contribution in [0.4, 0.5) is 5.95 Å². The normalized spacial score (nSPS) is 20.5. The van der Waals surface area contributed by atoms with E-state index in [1.807, 2.05) is 13.0 Å². The van der Waals surface area contributed by atoms with Gasteiger partial charge in [-0.1, -0.05) is 0 Å². The third kappa shape index (κ3) is 3.30. The number of amides is 1. The van der Waals surface area contributed by atoms with Gasteiger partial charge in [-0.05, 0) is 38.4 Å². The molecule has 7 heteroatoms. The zero-order chi connectivity index (χ0) is 15.4. The molecule has 0 saturated carbocycles. The van der Waals surface area contributed by atoms with Gasteiger partial charge in [0.1, 0.15) is 0 Å². The van der Waals surface area contributed by atoms with E-state index >= 15 is 0 Å². The summed E-state index contributed by atoms with van der Waals surface area (Å²) in [5, 5.41) is 9.82. The first kappa shape index (κ1) is 14.6. The van der Waals surface area contributed by atoms with Gasteiger partial charge in [-0.25, -0.2) is 9.97 Å². The van der Waals surface area contributed by atoms with Gasteiger partial charge in [-0.2, -0.15) is 5.10 Å². The van der Waals surface area contributed by atoms with Crippen molar-refractivity contribution in [3.63, 3.8) is 0 Å². The van der Waals surface area contributed by atoms with Crippen LogP contribution in [-0.4, -0.2) is 50.1 Å². The monoisotopic (exact) mass is 300 g/mol. The van der Waals surface area contributed by atoms with Crippen LogP contribution >= 0.6 is 0 Å². The first-order chi connectivity index (χ1) is 10.7. The SMILES string of the molecule is CC(C(=O)Nc1ncccn1)N1CCCC(c2ccn[nH]2)C1. The number of piperidine rings is 1. The molecule has 1 saturated heterocycles. The average Bonchev–Trinajstić information content (AvgIpc) is 3.10. The van der Waals surface area contributed by atoms with E-state index in [2.05, 4.69) is 30.4 Å². The molecule has 116 valence electrons. The summed E-state index contributed by atoms with van der Waals surface area (Å²) < 4.78 is 0. The highest BCUT2D eigenvalue weighted by Crippen LogP contribution is 2.26. The van der Waals surface area contributed by atoms with Crippen LogP contribution in [0.1, 0.15) is 31.4 Å². The first-order valence-electron chi connectivity index (χ1n) is 7.55. The van der Waals surface area contributed by atoms with Crippen molar-refractivity contribution < 1.29 is 4.79 Å². The minimum Gasteiger partial charge on any atom is -0.293 e. The van der Waals surface area contributed by atoms with E-state index in [1.165, 1.54) is 0 Å². The van der Waals surface area contributed by atoms with Crippen LogP contribution < -0.4 is 5.32 Å². The molecule has 3 rings (SSSR count). The maximum atomic E-state index is 12.4. The maximum absolute atomic E-state index is 12.4. The lowest BCUT2D eigenvalue weighted by Crippen LogP contribution is -2.46. The first-order valence-corrected chi connectivity index (χ1v) is 7.55. The Morgan fingerprint density at radius 2 is 2.23 bits per heavy atom. The molecular weight excluding hydrogens is 280 g/mol. The smallest absolute Gasteiger partial charge is 0.243 e. The van der Waals surface area contributed by atoms with E-state index in [0.29, 0.717) is 11.9 Å². The molecule has 0 spiro atoms. The minimum absolute atomic E-state index is 0.0727. The minimum atomic E-state index is -0.213. The number of carbonyl (C=O) groups excluding carboxylic acids is 1. The standard InChI is InChI=1S/C15H20N6O/c1-11(14(22)19-15-16-6-3-7-17-15)21-9-2-4-12(10-21)13-5-8-18-20-13/h3,5-8,11-12H,2,4,9-10H2,1H3,(H,18,20)(H,16,17,19,22). The molecule has 1 aliphatic heterocycles. The number of hydrogen-bond donors (Lipinski definition) is 2. The molecule has 2 atom stereocenters. The molecule has 2 aromatic rings. The number of aromatic amines is 1. The highest BCUT2D eigenvalue weighted by atomic mass is 16.2. The summed E-state index contributed by atoms with van der Waals surface area (Å²) in [4.78, 5) is 22.6. The number of likely N-dealkylation sites (tertiary alicyclic amines) is 1. The topological polar surface area (TPSA) is 86.8 Å². The third-order valence-electron chi connectivity index (χ3n) is 4.14. The van der Waals surface area contributed by atoms with Crippen LogP contribution in [0.2, 0.25) is 0 Å². The Hall–Kier alpha value is -2.28. The molecule has 7 nitrogen and oxygen atoms in total. The zero-order valence-corrected chi connectivity index (χ0v) is 12.6. The number of nitrogens with one attached hydrogen (secondary N) is 2. The molecule has 0 aromatic carbocycles. The maximum Gasteiger partial charge on any atom is 0.243 e. The lowest BCUT2D eigenvalue weighted by molar-refractivity contribution is -0.121. The van der Waals surface area contributed by atoms with Crippen molar-refractivity contribution in [2.24, 2.45) is 0 Å². The summed E-state index contributed by atoms with van der Waals surface area (Å²) in [5.41, 5.74) is 1.14. The second-order valence-corrected chi connectivity index (χ2v) is 5.58. The Kier molecular flexibility index (Phi) is 4.43. The van der Waals surface area contributed by atoms with Gasteiger partial charge >= 0.3 is 0 Å². The van der Waals surface area contributed by atoms with Gasteiger partial charge in [-0.3, -0.25) is 20.1 Å². The van der Waals surface area contributed by atoms with Gasteiger partial charge in [-0.15, -0.1) is 0 Å². The summed E-state index contributed by atoms with van der Waals surface area (Å²) in [6, 6.07) is 3.52. The van der Waals surface area contributed by atoms with Crippen LogP contribution in [0.3, 0.4) is 0 Å². The van der Waals surface area contributed by atoms with E-state index in [-0.39, 0.29) is 11.9 Å². The van der Waals surface area contributed by atoms with Crippen molar-refractivity contribution in [2.75, 3.05) is 18.4 Å². The lowest BCUT2D eigenvalue weighted by Gasteiger charge is -2.35. The van der Waals surface area contributed by atoms with Crippen molar-refractivity contribution >= 4 is 11.9 Å². The molecule has 2 unspecified atom stereocenters. The zero-order valence-electron chi connectivity index (χ0n) is 12.6. The fourth-order valence-electron chi connectivity index (χ4n) is 2.85. The summed E-state index contributed by atoms with van der Waals surface area (Å²) in [6.45, 7) is 3.70. The van der Waals surface area contributed by atoms with E-state index in [0.717, 1.165) is 31.6 Å². The van der Waals surface area contributed by atoms with Gasteiger partial charge in [0.15, 0.2) is 0 Å². The van der Waals surface area contributed by atoms with E-state index in [4.69, 9.17) is 0 Å². The molecule has 1 amide bonds. The number of aromatic nitrogens is 4. The van der Waals surface area contributed by atoms with Gasteiger partial charge in [0.05, 0.1) is 6.04 Å². The number of hydrogen-bond acceptors (Lipinski definition) is 5. The Morgan fingerprint density at radius 1 is 1.41 bits per heavy atom. The van der Waals surface area contributed by atoms with E-state index < -0.39 is 0 Å². The highest BCUT2D eigenvalue weighted by molar-refractivity contribution is 5.93. The van der Waals surface area contributed by atoms with Gasteiger partial charge in [0.25, 0.3) is 0 Å².